The van der Waals surface area contributed by atoms with E-state index in [-0.39, 0.29) is 17.7 Å². The highest BCUT2D eigenvalue weighted by atomic mass is 16.3. The molecule has 0 saturated carbocycles. The van der Waals surface area contributed by atoms with Gasteiger partial charge in [0.2, 0.25) is 0 Å². The quantitative estimate of drug-likeness (QED) is 0.804. The molecule has 4 heteroatoms. The molecule has 1 aromatic rings. The van der Waals surface area contributed by atoms with E-state index in [2.05, 4.69) is 0 Å². The third-order valence-corrected chi connectivity index (χ3v) is 2.37. The molecule has 0 unspecified atom stereocenters. The zero-order valence-electron chi connectivity index (χ0n) is 9.68. The maximum atomic E-state index is 12.1. The van der Waals surface area contributed by atoms with Crippen molar-refractivity contribution in [3.63, 3.8) is 0 Å². The van der Waals surface area contributed by atoms with Crippen molar-refractivity contribution in [1.29, 1.82) is 0 Å². The largest absolute Gasteiger partial charge is 0.508 e. The Balaban J connectivity index is 2.86. The number of hydrogen-bond acceptors (Lipinski definition) is 3. The lowest BCUT2D eigenvalue weighted by atomic mass is 10.1. The van der Waals surface area contributed by atoms with Crippen molar-refractivity contribution < 1.29 is 9.90 Å². The predicted octanol–water partition coefficient (Wildman–Crippen LogP) is 1.20. The highest BCUT2D eigenvalue weighted by Crippen LogP contribution is 2.13. The van der Waals surface area contributed by atoms with Crippen LogP contribution in [0.25, 0.3) is 0 Å². The Morgan fingerprint density at radius 3 is 2.38 bits per heavy atom. The number of phenolic OH excluding ortho intramolecular Hbond substituents is 1. The van der Waals surface area contributed by atoms with Crippen molar-refractivity contribution in [2.45, 2.75) is 19.9 Å². The molecule has 0 aliphatic rings. The fraction of sp³-hybridized carbons (Fsp3) is 0.417. The summed E-state index contributed by atoms with van der Waals surface area (Å²) in [6.07, 6.45) is 0. The molecule has 0 atom stereocenters. The summed E-state index contributed by atoms with van der Waals surface area (Å²) in [5, 5.41) is 9.14. The van der Waals surface area contributed by atoms with Gasteiger partial charge in [-0.1, -0.05) is 0 Å². The molecule has 0 bridgehead atoms. The van der Waals surface area contributed by atoms with Gasteiger partial charge in [-0.2, -0.15) is 0 Å². The Bertz CT molecular complexity index is 347. The fourth-order valence-electron chi connectivity index (χ4n) is 1.50. The number of nitrogens with two attached hydrogens (primary N) is 1. The van der Waals surface area contributed by atoms with Crippen LogP contribution in [0, 0.1) is 0 Å². The van der Waals surface area contributed by atoms with Crippen LogP contribution in [0.5, 0.6) is 5.75 Å². The highest BCUT2D eigenvalue weighted by Gasteiger charge is 2.17. The van der Waals surface area contributed by atoms with E-state index in [4.69, 9.17) is 10.8 Å². The van der Waals surface area contributed by atoms with Gasteiger partial charge < -0.3 is 15.7 Å². The zero-order chi connectivity index (χ0) is 12.1. The molecule has 1 rings (SSSR count). The summed E-state index contributed by atoms with van der Waals surface area (Å²) in [5.74, 6) is 0.104. The summed E-state index contributed by atoms with van der Waals surface area (Å²) < 4.78 is 0. The Labute approximate surface area is 95.7 Å². The Morgan fingerprint density at radius 2 is 1.94 bits per heavy atom. The molecule has 0 aliphatic carbocycles. The second-order valence-electron chi connectivity index (χ2n) is 3.93. The first kappa shape index (κ1) is 12.5. The molecule has 4 nitrogen and oxygen atoms in total. The first-order valence-electron chi connectivity index (χ1n) is 5.36. The van der Waals surface area contributed by atoms with Gasteiger partial charge in [-0.15, -0.1) is 0 Å². The second-order valence-corrected chi connectivity index (χ2v) is 3.93. The van der Waals surface area contributed by atoms with Gasteiger partial charge >= 0.3 is 0 Å². The van der Waals surface area contributed by atoms with Crippen LogP contribution in [0.4, 0.5) is 0 Å². The van der Waals surface area contributed by atoms with Crippen LogP contribution in [0.3, 0.4) is 0 Å². The number of rotatable bonds is 4. The standard InChI is InChI=1S/C12H18N2O2/c1-9(2)14(8-7-13)12(16)10-3-5-11(15)6-4-10/h3-6,9,15H,7-8,13H2,1-2H3. The lowest BCUT2D eigenvalue weighted by Crippen LogP contribution is -2.40. The summed E-state index contributed by atoms with van der Waals surface area (Å²) in [6, 6.07) is 6.36. The van der Waals surface area contributed by atoms with Crippen molar-refractivity contribution in [2.24, 2.45) is 5.73 Å². The topological polar surface area (TPSA) is 66.6 Å². The minimum absolute atomic E-state index is 0.0551. The summed E-state index contributed by atoms with van der Waals surface area (Å²) in [7, 11) is 0. The van der Waals surface area contributed by atoms with E-state index in [0.717, 1.165) is 0 Å². The van der Waals surface area contributed by atoms with Crippen molar-refractivity contribution in [2.75, 3.05) is 13.1 Å². The monoisotopic (exact) mass is 222 g/mol. The maximum Gasteiger partial charge on any atom is 0.254 e. The van der Waals surface area contributed by atoms with Gasteiger partial charge in [-0.25, -0.2) is 0 Å². The fourth-order valence-corrected chi connectivity index (χ4v) is 1.50. The number of carbonyl (C=O) groups is 1. The average molecular weight is 222 g/mol. The van der Waals surface area contributed by atoms with Crippen LogP contribution in [0.2, 0.25) is 0 Å². The van der Waals surface area contributed by atoms with E-state index in [0.29, 0.717) is 18.7 Å². The minimum Gasteiger partial charge on any atom is -0.508 e. The summed E-state index contributed by atoms with van der Waals surface area (Å²) >= 11 is 0. The van der Waals surface area contributed by atoms with Crippen molar-refractivity contribution >= 4 is 5.91 Å². The number of carbonyl (C=O) groups excluding carboxylic acids is 1. The van der Waals surface area contributed by atoms with Crippen molar-refractivity contribution in [3.8, 4) is 5.75 Å². The van der Waals surface area contributed by atoms with Crippen LogP contribution in [0.1, 0.15) is 24.2 Å². The molecule has 88 valence electrons. The molecule has 0 saturated heterocycles. The molecule has 0 radical (unpaired) electrons. The lowest BCUT2D eigenvalue weighted by molar-refractivity contribution is 0.0712. The molecule has 1 aromatic carbocycles. The molecule has 0 aromatic heterocycles. The SMILES string of the molecule is CC(C)N(CCN)C(=O)c1ccc(O)cc1. The van der Waals surface area contributed by atoms with Crippen LogP contribution in [-0.4, -0.2) is 35.0 Å². The van der Waals surface area contributed by atoms with E-state index in [1.807, 2.05) is 13.8 Å². The number of aromatic hydroxyl groups is 1. The van der Waals surface area contributed by atoms with E-state index < -0.39 is 0 Å². The number of nitrogens with zero attached hydrogens (tertiary/aromatic N) is 1. The van der Waals surface area contributed by atoms with Gasteiger partial charge in [-0.3, -0.25) is 4.79 Å². The Kier molecular flexibility index (Phi) is 4.31. The summed E-state index contributed by atoms with van der Waals surface area (Å²) in [6.45, 7) is 4.89. The Hall–Kier alpha value is -1.55. The predicted molar refractivity (Wildman–Crippen MR) is 63.3 cm³/mol. The molecule has 1 amide bonds. The van der Waals surface area contributed by atoms with Gasteiger partial charge in [0.15, 0.2) is 0 Å². The highest BCUT2D eigenvalue weighted by molar-refractivity contribution is 5.94. The van der Waals surface area contributed by atoms with Gasteiger partial charge in [0.1, 0.15) is 5.75 Å². The van der Waals surface area contributed by atoms with Crippen molar-refractivity contribution in [1.82, 2.24) is 4.90 Å². The first-order chi connectivity index (χ1) is 7.56. The molecular formula is C12H18N2O2. The van der Waals surface area contributed by atoms with E-state index in [1.54, 1.807) is 17.0 Å². The molecule has 0 spiro atoms. The number of hydrogen-bond donors (Lipinski definition) is 2. The average Bonchev–Trinajstić information content (AvgIpc) is 2.25. The van der Waals surface area contributed by atoms with E-state index >= 15 is 0 Å². The molecule has 0 fully saturated rings. The Morgan fingerprint density at radius 1 is 1.38 bits per heavy atom. The van der Waals surface area contributed by atoms with Crippen LogP contribution in [-0.2, 0) is 0 Å². The summed E-state index contributed by atoms with van der Waals surface area (Å²) in [4.78, 5) is 13.8. The lowest BCUT2D eigenvalue weighted by Gasteiger charge is -2.26. The van der Waals surface area contributed by atoms with Crippen molar-refractivity contribution in [3.05, 3.63) is 29.8 Å². The van der Waals surface area contributed by atoms with Crippen LogP contribution >= 0.6 is 0 Å². The number of phenols is 1. The van der Waals surface area contributed by atoms with Crippen LogP contribution < -0.4 is 5.73 Å². The molecular weight excluding hydrogens is 204 g/mol. The van der Waals surface area contributed by atoms with Gasteiger partial charge in [-0.05, 0) is 38.1 Å². The zero-order valence-corrected chi connectivity index (χ0v) is 9.68. The first-order valence-corrected chi connectivity index (χ1v) is 5.36. The van der Waals surface area contributed by atoms with E-state index in [1.165, 1.54) is 12.1 Å². The second kappa shape index (κ2) is 5.51. The molecule has 0 aliphatic heterocycles. The third-order valence-electron chi connectivity index (χ3n) is 2.37. The minimum atomic E-state index is -0.0551. The normalized spacial score (nSPS) is 10.5. The molecule has 3 N–H and O–H groups in total. The third kappa shape index (κ3) is 2.97. The van der Waals surface area contributed by atoms with Gasteiger partial charge in [0, 0.05) is 24.7 Å². The van der Waals surface area contributed by atoms with Crippen LogP contribution in [0.15, 0.2) is 24.3 Å². The maximum absolute atomic E-state index is 12.1. The summed E-state index contributed by atoms with van der Waals surface area (Å²) in [5.41, 5.74) is 6.04. The van der Waals surface area contributed by atoms with E-state index in [9.17, 15) is 4.79 Å². The van der Waals surface area contributed by atoms with Gasteiger partial charge in [0.25, 0.3) is 5.91 Å². The van der Waals surface area contributed by atoms with Gasteiger partial charge in [0.05, 0.1) is 0 Å². The molecule has 0 heterocycles. The number of amides is 1. The molecule has 16 heavy (non-hydrogen) atoms. The smallest absolute Gasteiger partial charge is 0.254 e. The number of benzene rings is 1.